The average Bonchev–Trinajstić information content (AvgIpc) is 2.42. The second-order valence-electron chi connectivity index (χ2n) is 6.48. The van der Waals surface area contributed by atoms with Gasteiger partial charge in [-0.3, -0.25) is 4.79 Å². The van der Waals surface area contributed by atoms with Crippen LogP contribution in [0.2, 0.25) is 0 Å². The minimum absolute atomic E-state index is 0.191. The molecule has 1 N–H and O–H groups in total. The number of hydrogen-bond acceptors (Lipinski definition) is 4. The van der Waals surface area contributed by atoms with Gasteiger partial charge in [-0.05, 0) is 63.3 Å². The molecule has 2 rings (SSSR count). The number of nitrogens with one attached hydrogen (secondary N) is 1. The highest BCUT2D eigenvalue weighted by Gasteiger charge is 2.22. The molecular weight excluding hydrogens is 266 g/mol. The van der Waals surface area contributed by atoms with Gasteiger partial charge in [0, 0.05) is 6.04 Å². The summed E-state index contributed by atoms with van der Waals surface area (Å²) in [6.07, 6.45) is 3.25. The summed E-state index contributed by atoms with van der Waals surface area (Å²) in [7, 11) is 1.67. The summed E-state index contributed by atoms with van der Waals surface area (Å²) in [4.78, 5) is 11.8. The van der Waals surface area contributed by atoms with Gasteiger partial charge in [-0.15, -0.1) is 0 Å². The molecule has 1 aliphatic carbocycles. The predicted octanol–water partition coefficient (Wildman–Crippen LogP) is 3.00. The summed E-state index contributed by atoms with van der Waals surface area (Å²) < 4.78 is 10.6. The van der Waals surface area contributed by atoms with Crippen LogP contribution in [0.5, 0.6) is 5.75 Å². The molecule has 0 fully saturated rings. The SMILES string of the molecule is COc1ccc2c(c1)C(NCC(=O)OC(C)(C)C)CCC2. The Bertz CT molecular complexity index is 505. The van der Waals surface area contributed by atoms with Crippen LogP contribution in [0.3, 0.4) is 0 Å². The van der Waals surface area contributed by atoms with E-state index in [1.165, 1.54) is 11.1 Å². The molecule has 1 atom stereocenters. The van der Waals surface area contributed by atoms with Gasteiger partial charge in [0.2, 0.25) is 0 Å². The van der Waals surface area contributed by atoms with Crippen molar-refractivity contribution in [2.75, 3.05) is 13.7 Å². The van der Waals surface area contributed by atoms with Gasteiger partial charge in [0.05, 0.1) is 13.7 Å². The summed E-state index contributed by atoms with van der Waals surface area (Å²) in [5.74, 6) is 0.650. The Morgan fingerprint density at radius 2 is 2.14 bits per heavy atom. The molecule has 0 saturated carbocycles. The van der Waals surface area contributed by atoms with Gasteiger partial charge in [0.25, 0.3) is 0 Å². The zero-order valence-electron chi connectivity index (χ0n) is 13.4. The minimum atomic E-state index is -0.438. The summed E-state index contributed by atoms with van der Waals surface area (Å²) >= 11 is 0. The van der Waals surface area contributed by atoms with Gasteiger partial charge in [0.1, 0.15) is 11.4 Å². The maximum atomic E-state index is 11.8. The Balaban J connectivity index is 2.01. The quantitative estimate of drug-likeness (QED) is 0.866. The van der Waals surface area contributed by atoms with E-state index in [4.69, 9.17) is 9.47 Å². The maximum absolute atomic E-state index is 11.8. The molecule has 0 saturated heterocycles. The molecule has 1 aliphatic rings. The zero-order valence-corrected chi connectivity index (χ0v) is 13.4. The first-order chi connectivity index (χ1) is 9.89. The topological polar surface area (TPSA) is 47.6 Å². The van der Waals surface area contributed by atoms with E-state index in [0.717, 1.165) is 25.0 Å². The number of methoxy groups -OCH3 is 1. The number of hydrogen-bond donors (Lipinski definition) is 1. The minimum Gasteiger partial charge on any atom is -0.497 e. The lowest BCUT2D eigenvalue weighted by Crippen LogP contribution is -2.34. The Labute approximate surface area is 126 Å². The van der Waals surface area contributed by atoms with Crippen molar-refractivity contribution in [3.05, 3.63) is 29.3 Å². The van der Waals surface area contributed by atoms with Crippen molar-refractivity contribution in [3.8, 4) is 5.75 Å². The number of aryl methyl sites for hydroxylation is 1. The van der Waals surface area contributed by atoms with Crippen LogP contribution < -0.4 is 10.1 Å². The molecule has 0 bridgehead atoms. The predicted molar refractivity (Wildman–Crippen MR) is 82.5 cm³/mol. The first-order valence-electron chi connectivity index (χ1n) is 7.51. The van der Waals surface area contributed by atoms with E-state index in [2.05, 4.69) is 17.4 Å². The summed E-state index contributed by atoms with van der Waals surface area (Å²) in [6, 6.07) is 6.38. The zero-order chi connectivity index (χ0) is 15.5. The Kier molecular flexibility index (Phi) is 4.88. The molecule has 0 spiro atoms. The molecule has 0 heterocycles. The van der Waals surface area contributed by atoms with Crippen molar-refractivity contribution in [1.29, 1.82) is 0 Å². The summed E-state index contributed by atoms with van der Waals surface area (Å²) in [6.45, 7) is 5.88. The molecule has 0 aliphatic heterocycles. The highest BCUT2D eigenvalue weighted by molar-refractivity contribution is 5.72. The molecule has 0 amide bonds. The van der Waals surface area contributed by atoms with E-state index in [0.29, 0.717) is 0 Å². The monoisotopic (exact) mass is 291 g/mol. The molecular formula is C17H25NO3. The third kappa shape index (κ3) is 4.46. The lowest BCUT2D eigenvalue weighted by molar-refractivity contribution is -0.153. The van der Waals surface area contributed by atoms with Crippen LogP contribution in [0.25, 0.3) is 0 Å². The Hall–Kier alpha value is -1.55. The van der Waals surface area contributed by atoms with Crippen LogP contribution in [0.1, 0.15) is 50.8 Å². The van der Waals surface area contributed by atoms with Crippen molar-refractivity contribution in [2.45, 2.75) is 51.7 Å². The fourth-order valence-electron chi connectivity index (χ4n) is 2.70. The van der Waals surface area contributed by atoms with Crippen LogP contribution in [0, 0.1) is 0 Å². The van der Waals surface area contributed by atoms with E-state index in [1.54, 1.807) is 7.11 Å². The second kappa shape index (κ2) is 6.48. The number of fused-ring (bicyclic) bond motifs is 1. The number of carbonyl (C=O) groups excluding carboxylic acids is 1. The Morgan fingerprint density at radius 1 is 1.38 bits per heavy atom. The number of esters is 1. The summed E-state index contributed by atoms with van der Waals surface area (Å²) in [5, 5.41) is 3.32. The molecule has 0 aromatic heterocycles. The molecule has 0 radical (unpaired) electrons. The molecule has 116 valence electrons. The van der Waals surface area contributed by atoms with Crippen molar-refractivity contribution in [1.82, 2.24) is 5.32 Å². The second-order valence-corrected chi connectivity index (χ2v) is 6.48. The van der Waals surface area contributed by atoms with Gasteiger partial charge < -0.3 is 14.8 Å². The third-order valence-electron chi connectivity index (χ3n) is 3.58. The van der Waals surface area contributed by atoms with Crippen LogP contribution >= 0.6 is 0 Å². The maximum Gasteiger partial charge on any atom is 0.320 e. The molecule has 4 nitrogen and oxygen atoms in total. The molecule has 21 heavy (non-hydrogen) atoms. The third-order valence-corrected chi connectivity index (χ3v) is 3.58. The fourth-order valence-corrected chi connectivity index (χ4v) is 2.70. The van der Waals surface area contributed by atoms with Crippen LogP contribution in [-0.2, 0) is 16.0 Å². The largest absolute Gasteiger partial charge is 0.497 e. The van der Waals surface area contributed by atoms with Crippen LogP contribution in [-0.4, -0.2) is 25.2 Å². The smallest absolute Gasteiger partial charge is 0.320 e. The van der Waals surface area contributed by atoms with Crippen molar-refractivity contribution in [3.63, 3.8) is 0 Å². The van der Waals surface area contributed by atoms with Crippen molar-refractivity contribution < 1.29 is 14.3 Å². The van der Waals surface area contributed by atoms with E-state index in [-0.39, 0.29) is 18.6 Å². The van der Waals surface area contributed by atoms with Crippen molar-refractivity contribution in [2.24, 2.45) is 0 Å². The standard InChI is InChI=1S/C17H25NO3/c1-17(2,3)21-16(19)11-18-15-7-5-6-12-8-9-13(20-4)10-14(12)15/h8-10,15,18H,5-7,11H2,1-4H3. The molecule has 1 aromatic carbocycles. The number of benzene rings is 1. The number of carbonyl (C=O) groups is 1. The van der Waals surface area contributed by atoms with E-state index in [1.807, 2.05) is 26.8 Å². The van der Waals surface area contributed by atoms with Gasteiger partial charge in [-0.2, -0.15) is 0 Å². The van der Waals surface area contributed by atoms with E-state index in [9.17, 15) is 4.79 Å². The average molecular weight is 291 g/mol. The number of rotatable bonds is 4. The van der Waals surface area contributed by atoms with Gasteiger partial charge in [0.15, 0.2) is 0 Å². The van der Waals surface area contributed by atoms with E-state index >= 15 is 0 Å². The lowest BCUT2D eigenvalue weighted by Gasteiger charge is -2.27. The van der Waals surface area contributed by atoms with Gasteiger partial charge in [-0.1, -0.05) is 6.07 Å². The number of ether oxygens (including phenoxy) is 2. The highest BCUT2D eigenvalue weighted by atomic mass is 16.6. The van der Waals surface area contributed by atoms with Crippen LogP contribution in [0.15, 0.2) is 18.2 Å². The molecule has 1 aromatic rings. The molecule has 1 unspecified atom stereocenters. The Morgan fingerprint density at radius 3 is 2.81 bits per heavy atom. The first kappa shape index (κ1) is 15.8. The lowest BCUT2D eigenvalue weighted by atomic mass is 9.87. The van der Waals surface area contributed by atoms with Crippen LogP contribution in [0.4, 0.5) is 0 Å². The van der Waals surface area contributed by atoms with E-state index < -0.39 is 5.60 Å². The summed E-state index contributed by atoms with van der Waals surface area (Å²) in [5.41, 5.74) is 2.14. The molecule has 4 heteroatoms. The fraction of sp³-hybridized carbons (Fsp3) is 0.588. The highest BCUT2D eigenvalue weighted by Crippen LogP contribution is 2.32. The first-order valence-corrected chi connectivity index (χ1v) is 7.51. The normalized spacial score (nSPS) is 18.0. The van der Waals surface area contributed by atoms with Gasteiger partial charge in [-0.25, -0.2) is 0 Å². The van der Waals surface area contributed by atoms with Gasteiger partial charge >= 0.3 is 5.97 Å². The van der Waals surface area contributed by atoms with Crippen molar-refractivity contribution >= 4 is 5.97 Å².